The van der Waals surface area contributed by atoms with Crippen LogP contribution in [0.3, 0.4) is 0 Å². The van der Waals surface area contributed by atoms with Crippen LogP contribution in [0.5, 0.6) is 5.75 Å². The van der Waals surface area contributed by atoms with Gasteiger partial charge < -0.3 is 30.2 Å². The average Bonchev–Trinajstić information content (AvgIpc) is 2.86. The zero-order valence-corrected chi connectivity index (χ0v) is 21.5. The van der Waals surface area contributed by atoms with Gasteiger partial charge in [0.15, 0.2) is 5.82 Å². The summed E-state index contributed by atoms with van der Waals surface area (Å²) in [5, 5.41) is 31.2. The Morgan fingerprint density at radius 1 is 1.27 bits per heavy atom. The number of aliphatic hydroxyl groups is 1. The van der Waals surface area contributed by atoms with Crippen molar-refractivity contribution in [2.75, 3.05) is 40.0 Å². The summed E-state index contributed by atoms with van der Waals surface area (Å²) in [6, 6.07) is 9.05. The van der Waals surface area contributed by atoms with Gasteiger partial charge in [-0.3, -0.25) is 19.8 Å². The second-order valence-corrected chi connectivity index (χ2v) is 8.78. The van der Waals surface area contributed by atoms with Crippen molar-refractivity contribution in [3.05, 3.63) is 80.5 Å². The molecule has 0 bridgehead atoms. The van der Waals surface area contributed by atoms with Crippen LogP contribution >= 0.6 is 11.6 Å². The van der Waals surface area contributed by atoms with E-state index in [0.717, 1.165) is 11.1 Å². The number of benzene rings is 1. The van der Waals surface area contributed by atoms with E-state index in [9.17, 15) is 20.0 Å². The molecule has 0 radical (unpaired) electrons. The average molecular weight is 538 g/mol. The minimum absolute atomic E-state index is 0. The van der Waals surface area contributed by atoms with Crippen LogP contribution in [0.4, 0.5) is 0 Å². The Morgan fingerprint density at radius 2 is 1.95 bits per heavy atom. The number of pyridine rings is 1. The normalized spacial score (nSPS) is 14.6. The van der Waals surface area contributed by atoms with Crippen LogP contribution in [0.25, 0.3) is 0 Å². The standard InChI is InChI=1S/C24H30ClN5O6.H2O/c1-3-28(14-18-6-9-22(25)26-13-18)23-21(30(34)35)15-29(16-27(23)2)20(24(33)36-11-10-31)12-17-4-7-19(32)8-5-17;/h4-9,13,20,31-32H,3,10-12,14-16H2,1-2H3;1H2/t20-;/m0./s1. The summed E-state index contributed by atoms with van der Waals surface area (Å²) in [4.78, 5) is 34.1. The van der Waals surface area contributed by atoms with Gasteiger partial charge in [0.2, 0.25) is 0 Å². The minimum Gasteiger partial charge on any atom is -0.508 e. The van der Waals surface area contributed by atoms with Gasteiger partial charge in [0, 0.05) is 26.3 Å². The first-order valence-corrected chi connectivity index (χ1v) is 11.8. The topological polar surface area (TPSA) is 164 Å². The summed E-state index contributed by atoms with van der Waals surface area (Å²) >= 11 is 5.89. The molecule has 0 saturated carbocycles. The molecule has 0 fully saturated rings. The first-order chi connectivity index (χ1) is 17.2. The van der Waals surface area contributed by atoms with E-state index in [1.54, 1.807) is 41.2 Å². The van der Waals surface area contributed by atoms with Crippen LogP contribution in [0.2, 0.25) is 5.15 Å². The molecular weight excluding hydrogens is 506 g/mol. The van der Waals surface area contributed by atoms with Gasteiger partial charge in [-0.1, -0.05) is 29.8 Å². The number of phenolic OH excluding ortho intramolecular Hbond substituents is 1. The molecule has 0 unspecified atom stereocenters. The number of esters is 1. The number of halogens is 1. The Kier molecular flexibility index (Phi) is 11.1. The number of hydrogen-bond acceptors (Lipinski definition) is 10. The SMILES string of the molecule is CCN(Cc1ccc(Cl)nc1)C1=C([N+](=O)[O-])CN([C@@H](Cc2ccc(O)cc2)C(=O)OCCO)CN1C.O. The van der Waals surface area contributed by atoms with Gasteiger partial charge in [0.05, 0.1) is 24.7 Å². The maximum Gasteiger partial charge on any atom is 0.323 e. The van der Waals surface area contributed by atoms with Crippen LogP contribution in [0, 0.1) is 10.1 Å². The van der Waals surface area contributed by atoms with Crippen molar-refractivity contribution in [1.82, 2.24) is 19.7 Å². The predicted octanol–water partition coefficient (Wildman–Crippen LogP) is 1.24. The van der Waals surface area contributed by atoms with E-state index >= 15 is 0 Å². The molecule has 1 aliphatic heterocycles. The number of phenols is 1. The number of nitro groups is 1. The van der Waals surface area contributed by atoms with E-state index in [0.29, 0.717) is 24.1 Å². The lowest BCUT2D eigenvalue weighted by molar-refractivity contribution is -0.434. The molecule has 1 aliphatic rings. The lowest BCUT2D eigenvalue weighted by Gasteiger charge is -2.41. The van der Waals surface area contributed by atoms with E-state index in [-0.39, 0.29) is 49.8 Å². The van der Waals surface area contributed by atoms with Crippen LogP contribution in [0.15, 0.2) is 54.1 Å². The fraction of sp³-hybridized carbons (Fsp3) is 0.417. The van der Waals surface area contributed by atoms with E-state index in [2.05, 4.69) is 4.98 Å². The zero-order valence-electron chi connectivity index (χ0n) is 20.7. The monoisotopic (exact) mass is 537 g/mol. The van der Waals surface area contributed by atoms with Crippen molar-refractivity contribution < 1.29 is 30.1 Å². The molecule has 1 aromatic heterocycles. The Hall–Kier alpha value is -3.45. The lowest BCUT2D eigenvalue weighted by atomic mass is 10.0. The predicted molar refractivity (Wildman–Crippen MR) is 136 cm³/mol. The summed E-state index contributed by atoms with van der Waals surface area (Å²) in [5.74, 6) is -0.0355. The molecule has 2 heterocycles. The van der Waals surface area contributed by atoms with Crippen LogP contribution in [-0.4, -0.2) is 92.3 Å². The third-order valence-electron chi connectivity index (χ3n) is 5.84. The molecule has 4 N–H and O–H groups in total. The second-order valence-electron chi connectivity index (χ2n) is 8.39. The van der Waals surface area contributed by atoms with Gasteiger partial charge in [0.25, 0.3) is 5.70 Å². The number of aliphatic hydroxyl groups excluding tert-OH is 1. The fourth-order valence-electron chi connectivity index (χ4n) is 4.16. The number of rotatable bonds is 11. The highest BCUT2D eigenvalue weighted by Gasteiger charge is 2.39. The summed E-state index contributed by atoms with van der Waals surface area (Å²) in [6.07, 6.45) is 1.85. The number of aromatic hydroxyl groups is 1. The molecule has 0 amide bonds. The molecule has 13 heteroatoms. The Bertz CT molecular complexity index is 1080. The Balaban J connectivity index is 0.00000481. The molecule has 0 saturated heterocycles. The van der Waals surface area contributed by atoms with Crippen molar-refractivity contribution in [2.24, 2.45) is 0 Å². The molecular formula is C24H32ClN5O7. The number of carbonyl (C=O) groups excluding carboxylic acids is 1. The fourth-order valence-corrected chi connectivity index (χ4v) is 4.27. The molecule has 1 aromatic carbocycles. The molecule has 2 aromatic rings. The quantitative estimate of drug-likeness (QED) is 0.184. The molecule has 0 spiro atoms. The Morgan fingerprint density at radius 3 is 2.51 bits per heavy atom. The van der Waals surface area contributed by atoms with E-state index in [1.165, 1.54) is 12.1 Å². The third kappa shape index (κ3) is 7.76. The third-order valence-corrected chi connectivity index (χ3v) is 6.07. The van der Waals surface area contributed by atoms with Gasteiger partial charge in [-0.15, -0.1) is 0 Å². The molecule has 0 aliphatic carbocycles. The summed E-state index contributed by atoms with van der Waals surface area (Å²) in [7, 11) is 1.74. The van der Waals surface area contributed by atoms with Crippen LogP contribution < -0.4 is 0 Å². The van der Waals surface area contributed by atoms with Gasteiger partial charge in [-0.25, -0.2) is 4.98 Å². The maximum atomic E-state index is 12.9. The number of aromatic nitrogens is 1. The highest BCUT2D eigenvalue weighted by atomic mass is 35.5. The lowest BCUT2D eigenvalue weighted by Crippen LogP contribution is -2.54. The number of hydrogen-bond donors (Lipinski definition) is 2. The number of nitrogens with zero attached hydrogens (tertiary/aromatic N) is 5. The van der Waals surface area contributed by atoms with Crippen molar-refractivity contribution in [3.8, 4) is 5.75 Å². The van der Waals surface area contributed by atoms with Gasteiger partial charge in [0.1, 0.15) is 23.6 Å². The minimum atomic E-state index is -0.837. The van der Waals surface area contributed by atoms with E-state index in [4.69, 9.17) is 21.4 Å². The number of ether oxygens (including phenoxy) is 1. The maximum absolute atomic E-state index is 12.9. The first kappa shape index (κ1) is 29.8. The highest BCUT2D eigenvalue weighted by molar-refractivity contribution is 6.29. The molecule has 12 nitrogen and oxygen atoms in total. The smallest absolute Gasteiger partial charge is 0.323 e. The van der Waals surface area contributed by atoms with Gasteiger partial charge in [-0.2, -0.15) is 0 Å². The van der Waals surface area contributed by atoms with Gasteiger partial charge in [-0.05, 0) is 42.7 Å². The summed E-state index contributed by atoms with van der Waals surface area (Å²) in [6.45, 7) is 2.47. The van der Waals surface area contributed by atoms with Crippen molar-refractivity contribution >= 4 is 17.6 Å². The van der Waals surface area contributed by atoms with Crippen LogP contribution in [0.1, 0.15) is 18.1 Å². The van der Waals surface area contributed by atoms with E-state index in [1.807, 2.05) is 17.9 Å². The number of carbonyl (C=O) groups is 1. The largest absolute Gasteiger partial charge is 0.508 e. The summed E-state index contributed by atoms with van der Waals surface area (Å²) < 4.78 is 5.21. The second kappa shape index (κ2) is 13.7. The van der Waals surface area contributed by atoms with Crippen molar-refractivity contribution in [1.29, 1.82) is 0 Å². The molecule has 37 heavy (non-hydrogen) atoms. The van der Waals surface area contributed by atoms with Crippen molar-refractivity contribution in [3.63, 3.8) is 0 Å². The molecule has 202 valence electrons. The first-order valence-electron chi connectivity index (χ1n) is 11.5. The Labute approximate surface area is 219 Å². The molecule has 1 atom stereocenters. The highest BCUT2D eigenvalue weighted by Crippen LogP contribution is 2.26. The van der Waals surface area contributed by atoms with E-state index < -0.39 is 16.9 Å². The molecule has 3 rings (SSSR count). The van der Waals surface area contributed by atoms with Crippen molar-refractivity contribution in [2.45, 2.75) is 25.9 Å². The van der Waals surface area contributed by atoms with Crippen LogP contribution in [-0.2, 0) is 22.5 Å². The summed E-state index contributed by atoms with van der Waals surface area (Å²) in [5.41, 5.74) is 1.56. The zero-order chi connectivity index (χ0) is 26.2. The van der Waals surface area contributed by atoms with Gasteiger partial charge >= 0.3 is 5.97 Å².